The van der Waals surface area contributed by atoms with Crippen molar-refractivity contribution < 1.29 is 9.52 Å². The summed E-state index contributed by atoms with van der Waals surface area (Å²) in [5, 5.41) is 20.2. The summed E-state index contributed by atoms with van der Waals surface area (Å²) in [6, 6.07) is 11.4. The molecule has 1 aliphatic rings. The highest BCUT2D eigenvalue weighted by Crippen LogP contribution is 2.27. The molecule has 6 nitrogen and oxygen atoms in total. The summed E-state index contributed by atoms with van der Waals surface area (Å²) < 4.78 is 5.75. The Hall–Kier alpha value is -2.38. The summed E-state index contributed by atoms with van der Waals surface area (Å²) >= 11 is 1.59. The molecular formula is C17H18N4O2S. The second kappa shape index (κ2) is 6.62. The first kappa shape index (κ1) is 15.2. The van der Waals surface area contributed by atoms with Crippen LogP contribution in [-0.4, -0.2) is 46.4 Å². The molecule has 0 unspecified atom stereocenters. The number of thiophene rings is 1. The Balaban J connectivity index is 1.36. The number of aromatic hydroxyl groups is 1. The first-order valence-electron chi connectivity index (χ1n) is 7.91. The summed E-state index contributed by atoms with van der Waals surface area (Å²) in [6.45, 7) is 4.18. The highest BCUT2D eigenvalue weighted by molar-refractivity contribution is 7.13. The van der Waals surface area contributed by atoms with Gasteiger partial charge in [-0.05, 0) is 23.6 Å². The first-order chi connectivity index (χ1) is 11.8. The van der Waals surface area contributed by atoms with Crippen LogP contribution in [0, 0.1) is 0 Å². The number of para-hydroxylation sites is 2. The average molecular weight is 342 g/mol. The average Bonchev–Trinajstić information content (AvgIpc) is 3.27. The maximum Gasteiger partial charge on any atom is 0.257 e. The van der Waals surface area contributed by atoms with Crippen LogP contribution in [0.2, 0.25) is 0 Å². The quantitative estimate of drug-likeness (QED) is 0.786. The minimum Gasteiger partial charge on any atom is -0.506 e. The van der Waals surface area contributed by atoms with Crippen LogP contribution in [0.4, 0.5) is 5.69 Å². The van der Waals surface area contributed by atoms with Gasteiger partial charge in [0, 0.05) is 26.2 Å². The predicted octanol–water partition coefficient (Wildman–Crippen LogP) is 2.83. The van der Waals surface area contributed by atoms with Crippen LogP contribution >= 0.6 is 11.3 Å². The molecule has 1 aromatic carbocycles. The molecule has 2 aromatic heterocycles. The van der Waals surface area contributed by atoms with Crippen molar-refractivity contribution in [2.24, 2.45) is 0 Å². The van der Waals surface area contributed by atoms with Gasteiger partial charge in [-0.15, -0.1) is 21.5 Å². The van der Waals surface area contributed by atoms with Crippen LogP contribution in [0.15, 0.2) is 46.2 Å². The Kier molecular flexibility index (Phi) is 4.18. The minimum absolute atomic E-state index is 0.337. The van der Waals surface area contributed by atoms with Gasteiger partial charge in [0.25, 0.3) is 5.89 Å². The number of hydrogen-bond donors (Lipinski definition) is 1. The third kappa shape index (κ3) is 3.13. The molecule has 1 aliphatic heterocycles. The Morgan fingerprint density at radius 1 is 1.04 bits per heavy atom. The van der Waals surface area contributed by atoms with E-state index in [1.54, 1.807) is 17.4 Å². The number of phenolic OH excluding ortho intramolecular Hbond substituents is 1. The van der Waals surface area contributed by atoms with Gasteiger partial charge in [-0.3, -0.25) is 4.90 Å². The minimum atomic E-state index is 0.337. The van der Waals surface area contributed by atoms with Gasteiger partial charge in [0.05, 0.1) is 17.1 Å². The summed E-state index contributed by atoms with van der Waals surface area (Å²) in [5.41, 5.74) is 0.898. The molecule has 3 aromatic rings. The van der Waals surface area contributed by atoms with E-state index in [2.05, 4.69) is 20.0 Å². The molecule has 0 aliphatic carbocycles. The highest BCUT2D eigenvalue weighted by Gasteiger charge is 2.21. The van der Waals surface area contributed by atoms with Gasteiger partial charge in [0.2, 0.25) is 5.89 Å². The van der Waals surface area contributed by atoms with E-state index in [0.717, 1.165) is 36.7 Å². The van der Waals surface area contributed by atoms with Gasteiger partial charge in [0.15, 0.2) is 0 Å². The predicted molar refractivity (Wildman–Crippen MR) is 93.2 cm³/mol. The molecule has 7 heteroatoms. The largest absolute Gasteiger partial charge is 0.506 e. The SMILES string of the molecule is Oc1ccccc1N1CCN(Cc2nnc(-c3cccs3)o2)CC1. The smallest absolute Gasteiger partial charge is 0.257 e. The maximum atomic E-state index is 9.97. The fourth-order valence-electron chi connectivity index (χ4n) is 2.89. The van der Waals surface area contributed by atoms with Crippen molar-refractivity contribution in [1.29, 1.82) is 0 Å². The number of piperazine rings is 1. The monoisotopic (exact) mass is 342 g/mol. The van der Waals surface area contributed by atoms with E-state index in [1.807, 2.05) is 35.7 Å². The summed E-state index contributed by atoms with van der Waals surface area (Å²) in [5.74, 6) is 1.57. The molecule has 1 saturated heterocycles. The van der Waals surface area contributed by atoms with E-state index in [-0.39, 0.29) is 0 Å². The third-order valence-corrected chi connectivity index (χ3v) is 5.01. The first-order valence-corrected chi connectivity index (χ1v) is 8.79. The van der Waals surface area contributed by atoms with Crippen molar-refractivity contribution in [3.8, 4) is 16.5 Å². The molecule has 0 saturated carbocycles. The van der Waals surface area contributed by atoms with Gasteiger partial charge in [-0.25, -0.2) is 0 Å². The van der Waals surface area contributed by atoms with Crippen LogP contribution in [0.5, 0.6) is 5.75 Å². The van der Waals surface area contributed by atoms with E-state index < -0.39 is 0 Å². The lowest BCUT2D eigenvalue weighted by molar-refractivity contribution is 0.226. The lowest BCUT2D eigenvalue weighted by Crippen LogP contribution is -2.46. The topological polar surface area (TPSA) is 65.6 Å². The Morgan fingerprint density at radius 2 is 1.88 bits per heavy atom. The lowest BCUT2D eigenvalue weighted by atomic mass is 10.2. The molecule has 24 heavy (non-hydrogen) atoms. The van der Waals surface area contributed by atoms with Gasteiger partial charge >= 0.3 is 0 Å². The second-order valence-electron chi connectivity index (χ2n) is 5.73. The Morgan fingerprint density at radius 3 is 2.62 bits per heavy atom. The number of anilines is 1. The maximum absolute atomic E-state index is 9.97. The summed E-state index contributed by atoms with van der Waals surface area (Å²) in [4.78, 5) is 5.50. The van der Waals surface area contributed by atoms with Crippen LogP contribution in [0.3, 0.4) is 0 Å². The molecule has 0 bridgehead atoms. The molecule has 1 N–H and O–H groups in total. The molecule has 0 atom stereocenters. The van der Waals surface area contributed by atoms with Crippen molar-refractivity contribution >= 4 is 17.0 Å². The number of benzene rings is 1. The number of nitrogens with zero attached hydrogens (tertiary/aromatic N) is 4. The van der Waals surface area contributed by atoms with E-state index >= 15 is 0 Å². The van der Waals surface area contributed by atoms with E-state index in [9.17, 15) is 5.11 Å². The normalized spacial score (nSPS) is 15.8. The number of aromatic nitrogens is 2. The molecular weight excluding hydrogens is 324 g/mol. The van der Waals surface area contributed by atoms with Gasteiger partial charge < -0.3 is 14.4 Å². The van der Waals surface area contributed by atoms with Crippen molar-refractivity contribution in [3.63, 3.8) is 0 Å². The zero-order valence-electron chi connectivity index (χ0n) is 13.1. The number of phenols is 1. The van der Waals surface area contributed by atoms with Crippen LogP contribution < -0.4 is 4.90 Å². The molecule has 0 amide bonds. The standard InChI is InChI=1S/C17H18N4O2S/c22-14-5-2-1-4-13(14)21-9-7-20(8-10-21)12-16-18-19-17(23-16)15-6-3-11-24-15/h1-6,11,22H,7-10,12H2. The zero-order valence-corrected chi connectivity index (χ0v) is 13.9. The Labute approximate surface area is 144 Å². The second-order valence-corrected chi connectivity index (χ2v) is 6.68. The summed E-state index contributed by atoms with van der Waals surface area (Å²) in [6.07, 6.45) is 0. The number of hydrogen-bond acceptors (Lipinski definition) is 7. The molecule has 124 valence electrons. The van der Waals surface area contributed by atoms with Crippen molar-refractivity contribution in [2.45, 2.75) is 6.54 Å². The van der Waals surface area contributed by atoms with Crippen LogP contribution in [-0.2, 0) is 6.54 Å². The van der Waals surface area contributed by atoms with E-state index in [4.69, 9.17) is 4.42 Å². The van der Waals surface area contributed by atoms with Gasteiger partial charge in [-0.2, -0.15) is 0 Å². The molecule has 0 radical (unpaired) electrons. The van der Waals surface area contributed by atoms with Crippen molar-refractivity contribution in [1.82, 2.24) is 15.1 Å². The lowest BCUT2D eigenvalue weighted by Gasteiger charge is -2.35. The molecule has 1 fully saturated rings. The highest BCUT2D eigenvalue weighted by atomic mass is 32.1. The van der Waals surface area contributed by atoms with E-state index in [0.29, 0.717) is 24.1 Å². The summed E-state index contributed by atoms with van der Waals surface area (Å²) in [7, 11) is 0. The van der Waals surface area contributed by atoms with Gasteiger partial charge in [-0.1, -0.05) is 18.2 Å². The van der Waals surface area contributed by atoms with E-state index in [1.165, 1.54) is 0 Å². The number of rotatable bonds is 4. The van der Waals surface area contributed by atoms with Crippen molar-refractivity contribution in [3.05, 3.63) is 47.7 Å². The fourth-order valence-corrected chi connectivity index (χ4v) is 3.53. The molecule has 4 rings (SSSR count). The Bertz CT molecular complexity index is 795. The zero-order chi connectivity index (χ0) is 16.4. The van der Waals surface area contributed by atoms with Crippen LogP contribution in [0.25, 0.3) is 10.8 Å². The molecule has 3 heterocycles. The van der Waals surface area contributed by atoms with Crippen LogP contribution in [0.1, 0.15) is 5.89 Å². The fraction of sp³-hybridized carbons (Fsp3) is 0.294. The van der Waals surface area contributed by atoms with Crippen molar-refractivity contribution in [2.75, 3.05) is 31.1 Å². The van der Waals surface area contributed by atoms with Gasteiger partial charge in [0.1, 0.15) is 5.75 Å². The third-order valence-electron chi connectivity index (χ3n) is 4.15. The molecule has 0 spiro atoms.